The normalized spacial score (nSPS) is 16.8. The number of amidine groups is 1. The molecule has 0 bridgehead atoms. The molecule has 0 amide bonds. The lowest BCUT2D eigenvalue weighted by atomic mass is 9.96. The van der Waals surface area contributed by atoms with Crippen molar-refractivity contribution >= 4 is 11.7 Å². The number of nitrogens with zero attached hydrogens (tertiary/aromatic N) is 4. The second-order valence-electron chi connectivity index (χ2n) is 5.14. The molecule has 19 heavy (non-hydrogen) atoms. The van der Waals surface area contributed by atoms with E-state index in [4.69, 9.17) is 10.9 Å². The van der Waals surface area contributed by atoms with E-state index in [2.05, 4.69) is 20.0 Å². The van der Waals surface area contributed by atoms with E-state index in [0.717, 1.165) is 18.7 Å². The molecule has 1 aromatic heterocycles. The number of hydrogen-bond donors (Lipinski definition) is 2. The van der Waals surface area contributed by atoms with Crippen LogP contribution in [0.25, 0.3) is 0 Å². The molecule has 0 spiro atoms. The maximum Gasteiger partial charge on any atom is 0.143 e. The van der Waals surface area contributed by atoms with Crippen molar-refractivity contribution in [3.63, 3.8) is 0 Å². The van der Waals surface area contributed by atoms with E-state index in [-0.39, 0.29) is 11.8 Å². The van der Waals surface area contributed by atoms with Gasteiger partial charge in [0.1, 0.15) is 18.0 Å². The van der Waals surface area contributed by atoms with Gasteiger partial charge in [-0.3, -0.25) is 0 Å². The van der Waals surface area contributed by atoms with Gasteiger partial charge in [-0.1, -0.05) is 12.1 Å². The van der Waals surface area contributed by atoms with Gasteiger partial charge in [0.05, 0.1) is 0 Å². The molecule has 0 saturated carbocycles. The highest BCUT2D eigenvalue weighted by molar-refractivity contribution is 5.82. The average Bonchev–Trinajstić information content (AvgIpc) is 2.45. The smallest absolute Gasteiger partial charge is 0.143 e. The van der Waals surface area contributed by atoms with Crippen LogP contribution < -0.4 is 10.6 Å². The minimum atomic E-state index is -0.0239. The second kappa shape index (κ2) is 5.86. The molecule has 0 radical (unpaired) electrons. The van der Waals surface area contributed by atoms with Crippen LogP contribution in [-0.2, 0) is 12.8 Å². The van der Waals surface area contributed by atoms with Gasteiger partial charge in [0, 0.05) is 30.8 Å². The summed E-state index contributed by atoms with van der Waals surface area (Å²) >= 11 is 0. The van der Waals surface area contributed by atoms with Crippen molar-refractivity contribution in [2.24, 2.45) is 16.8 Å². The van der Waals surface area contributed by atoms with Crippen molar-refractivity contribution in [1.29, 1.82) is 0 Å². The SMILES string of the molecule is CC(CN(C)c1ncnc2c1CCCC2)C(N)=NO. The van der Waals surface area contributed by atoms with Gasteiger partial charge in [-0.15, -0.1) is 0 Å². The molecule has 0 aliphatic heterocycles. The molecule has 3 N–H and O–H groups in total. The number of fused-ring (bicyclic) bond motifs is 1. The molecule has 2 rings (SSSR count). The quantitative estimate of drug-likeness (QED) is 0.368. The predicted molar refractivity (Wildman–Crippen MR) is 74.5 cm³/mol. The average molecular weight is 263 g/mol. The molecule has 1 heterocycles. The summed E-state index contributed by atoms with van der Waals surface area (Å²) in [5.41, 5.74) is 8.04. The van der Waals surface area contributed by atoms with Gasteiger partial charge in [0.25, 0.3) is 0 Å². The first-order valence-electron chi connectivity index (χ1n) is 6.64. The van der Waals surface area contributed by atoms with Crippen LogP contribution >= 0.6 is 0 Å². The van der Waals surface area contributed by atoms with Crippen LogP contribution in [0.3, 0.4) is 0 Å². The van der Waals surface area contributed by atoms with Crippen molar-refractivity contribution in [3.05, 3.63) is 17.6 Å². The van der Waals surface area contributed by atoms with Gasteiger partial charge in [-0.2, -0.15) is 0 Å². The molecule has 1 atom stereocenters. The van der Waals surface area contributed by atoms with E-state index in [9.17, 15) is 0 Å². The number of aryl methyl sites for hydroxylation is 1. The topological polar surface area (TPSA) is 87.6 Å². The Labute approximate surface area is 113 Å². The van der Waals surface area contributed by atoms with E-state index in [0.29, 0.717) is 6.54 Å². The molecule has 1 aliphatic carbocycles. The van der Waals surface area contributed by atoms with E-state index >= 15 is 0 Å². The van der Waals surface area contributed by atoms with Gasteiger partial charge in [-0.05, 0) is 25.7 Å². The van der Waals surface area contributed by atoms with Gasteiger partial charge < -0.3 is 15.8 Å². The predicted octanol–water partition coefficient (Wildman–Crippen LogP) is 1.17. The molecule has 104 valence electrons. The Morgan fingerprint density at radius 2 is 2.21 bits per heavy atom. The Balaban J connectivity index is 2.17. The fourth-order valence-electron chi connectivity index (χ4n) is 2.52. The lowest BCUT2D eigenvalue weighted by molar-refractivity contribution is 0.314. The first-order valence-corrected chi connectivity index (χ1v) is 6.64. The lowest BCUT2D eigenvalue weighted by Gasteiger charge is -2.26. The monoisotopic (exact) mass is 263 g/mol. The van der Waals surface area contributed by atoms with Gasteiger partial charge in [0.2, 0.25) is 0 Å². The first kappa shape index (κ1) is 13.6. The van der Waals surface area contributed by atoms with Gasteiger partial charge >= 0.3 is 0 Å². The number of rotatable bonds is 4. The summed E-state index contributed by atoms with van der Waals surface area (Å²) < 4.78 is 0. The standard InChI is InChI=1S/C13H21N5O/c1-9(12(14)17-19)7-18(2)13-10-5-3-4-6-11(10)15-8-16-13/h8-9,19H,3-7H2,1-2H3,(H2,14,17). The minimum absolute atomic E-state index is 0.0239. The fourth-order valence-corrected chi connectivity index (χ4v) is 2.52. The number of aromatic nitrogens is 2. The highest BCUT2D eigenvalue weighted by Gasteiger charge is 2.19. The minimum Gasteiger partial charge on any atom is -0.409 e. The van der Waals surface area contributed by atoms with Crippen LogP contribution in [0.4, 0.5) is 5.82 Å². The Hall–Kier alpha value is -1.85. The summed E-state index contributed by atoms with van der Waals surface area (Å²) in [6.45, 7) is 2.60. The Bertz CT molecular complexity index is 474. The van der Waals surface area contributed by atoms with Crippen LogP contribution in [-0.4, -0.2) is 34.6 Å². The third-order valence-corrected chi connectivity index (χ3v) is 3.63. The van der Waals surface area contributed by atoms with Crippen molar-refractivity contribution in [2.45, 2.75) is 32.6 Å². The molecule has 1 aromatic rings. The summed E-state index contributed by atoms with van der Waals surface area (Å²) in [6.07, 6.45) is 6.09. The summed E-state index contributed by atoms with van der Waals surface area (Å²) in [4.78, 5) is 10.8. The zero-order chi connectivity index (χ0) is 13.8. The highest BCUT2D eigenvalue weighted by atomic mass is 16.4. The molecular formula is C13H21N5O. The number of hydrogen-bond acceptors (Lipinski definition) is 5. The van der Waals surface area contributed by atoms with Crippen LogP contribution in [0.1, 0.15) is 31.0 Å². The summed E-state index contributed by atoms with van der Waals surface area (Å²) in [5.74, 6) is 1.20. The molecule has 0 fully saturated rings. The third kappa shape index (κ3) is 2.94. The maximum absolute atomic E-state index is 8.70. The van der Waals surface area contributed by atoms with E-state index in [1.165, 1.54) is 24.1 Å². The number of oxime groups is 1. The lowest BCUT2D eigenvalue weighted by Crippen LogP contribution is -2.34. The Morgan fingerprint density at radius 1 is 1.47 bits per heavy atom. The summed E-state index contributed by atoms with van der Waals surface area (Å²) in [5, 5.41) is 11.8. The highest BCUT2D eigenvalue weighted by Crippen LogP contribution is 2.26. The van der Waals surface area contributed by atoms with Gasteiger partial charge in [-0.25, -0.2) is 9.97 Å². The van der Waals surface area contributed by atoms with E-state index in [1.54, 1.807) is 6.33 Å². The molecule has 0 aromatic carbocycles. The van der Waals surface area contributed by atoms with Crippen LogP contribution in [0.2, 0.25) is 0 Å². The maximum atomic E-state index is 8.70. The van der Waals surface area contributed by atoms with Crippen LogP contribution in [0.15, 0.2) is 11.5 Å². The largest absolute Gasteiger partial charge is 0.409 e. The Morgan fingerprint density at radius 3 is 2.95 bits per heavy atom. The third-order valence-electron chi connectivity index (χ3n) is 3.63. The fraction of sp³-hybridized carbons (Fsp3) is 0.615. The molecule has 0 saturated heterocycles. The van der Waals surface area contributed by atoms with Crippen LogP contribution in [0, 0.1) is 5.92 Å². The first-order chi connectivity index (χ1) is 9.13. The number of anilines is 1. The molecule has 6 heteroatoms. The zero-order valence-corrected chi connectivity index (χ0v) is 11.5. The zero-order valence-electron chi connectivity index (χ0n) is 11.5. The molecule has 6 nitrogen and oxygen atoms in total. The summed E-state index contributed by atoms with van der Waals surface area (Å²) in [6, 6.07) is 0. The molecule has 1 aliphatic rings. The molecule has 1 unspecified atom stereocenters. The van der Waals surface area contributed by atoms with Gasteiger partial charge in [0.15, 0.2) is 0 Å². The Kier molecular flexibility index (Phi) is 4.19. The van der Waals surface area contributed by atoms with Crippen molar-refractivity contribution in [2.75, 3.05) is 18.5 Å². The number of nitrogens with two attached hydrogens (primary N) is 1. The van der Waals surface area contributed by atoms with E-state index in [1.807, 2.05) is 14.0 Å². The molecular weight excluding hydrogens is 242 g/mol. The van der Waals surface area contributed by atoms with Crippen molar-refractivity contribution in [3.8, 4) is 0 Å². The summed E-state index contributed by atoms with van der Waals surface area (Å²) in [7, 11) is 1.98. The van der Waals surface area contributed by atoms with Crippen molar-refractivity contribution < 1.29 is 5.21 Å². The van der Waals surface area contributed by atoms with Crippen molar-refractivity contribution in [1.82, 2.24) is 9.97 Å². The van der Waals surface area contributed by atoms with E-state index < -0.39 is 0 Å². The van der Waals surface area contributed by atoms with Crippen LogP contribution in [0.5, 0.6) is 0 Å². The second-order valence-corrected chi connectivity index (χ2v) is 5.14.